The van der Waals surface area contributed by atoms with Crippen LogP contribution in [0.4, 0.5) is 0 Å². The van der Waals surface area contributed by atoms with Crippen LogP contribution >= 0.6 is 31.9 Å². The first kappa shape index (κ1) is 20.8. The Labute approximate surface area is 191 Å². The predicted octanol–water partition coefficient (Wildman–Crippen LogP) is 5.33. The van der Waals surface area contributed by atoms with Gasteiger partial charge in [-0.25, -0.2) is 0 Å². The van der Waals surface area contributed by atoms with Crippen molar-refractivity contribution in [2.75, 3.05) is 0 Å². The Morgan fingerprint density at radius 1 is 1.10 bits per heavy atom. The first-order chi connectivity index (χ1) is 14.4. The van der Waals surface area contributed by atoms with E-state index in [2.05, 4.69) is 38.4 Å². The molecule has 2 aliphatic heterocycles. The van der Waals surface area contributed by atoms with Gasteiger partial charge >= 0.3 is 0 Å². The van der Waals surface area contributed by atoms with Crippen LogP contribution in [0.5, 0.6) is 0 Å². The van der Waals surface area contributed by atoms with Crippen LogP contribution in [-0.4, -0.2) is 33.6 Å². The number of halogens is 2. The third-order valence-corrected chi connectivity index (χ3v) is 6.85. The number of amides is 3. The van der Waals surface area contributed by atoms with E-state index in [9.17, 15) is 14.4 Å². The molecule has 1 unspecified atom stereocenters. The summed E-state index contributed by atoms with van der Waals surface area (Å²) in [5.41, 5.74) is 2.59. The molecule has 152 valence electrons. The molecule has 0 spiro atoms. The van der Waals surface area contributed by atoms with Crippen LogP contribution in [0.1, 0.15) is 51.2 Å². The lowest BCUT2D eigenvalue weighted by atomic mass is 9.93. The molecule has 0 saturated carbocycles. The molecule has 3 amide bonds. The van der Waals surface area contributed by atoms with Gasteiger partial charge in [0, 0.05) is 15.1 Å². The molecule has 2 aromatic rings. The van der Waals surface area contributed by atoms with Crippen LogP contribution in [0.15, 0.2) is 64.2 Å². The molecule has 2 aliphatic rings. The van der Waals surface area contributed by atoms with Gasteiger partial charge in [0.25, 0.3) is 11.8 Å². The van der Waals surface area contributed by atoms with Crippen molar-refractivity contribution in [2.45, 2.75) is 25.4 Å². The summed E-state index contributed by atoms with van der Waals surface area (Å²) in [6.07, 6.45) is 5.85. The largest absolute Gasteiger partial charge is 0.309 e. The zero-order chi connectivity index (χ0) is 21.6. The number of rotatable bonds is 4. The highest BCUT2D eigenvalue weighted by Crippen LogP contribution is 2.41. The first-order valence-corrected chi connectivity index (χ1v) is 11.0. The molecule has 2 heterocycles. The van der Waals surface area contributed by atoms with E-state index in [0.29, 0.717) is 17.5 Å². The quantitative estimate of drug-likeness (QED) is 0.397. The normalized spacial score (nSPS) is 18.3. The van der Waals surface area contributed by atoms with E-state index in [-0.39, 0.29) is 11.9 Å². The topological polar surface area (TPSA) is 57.7 Å². The van der Waals surface area contributed by atoms with Gasteiger partial charge in [0.05, 0.1) is 17.2 Å². The minimum atomic E-state index is -0.943. The van der Waals surface area contributed by atoms with Crippen molar-refractivity contribution in [3.8, 4) is 0 Å². The maximum Gasteiger partial charge on any atom is 0.262 e. The molecule has 0 aliphatic carbocycles. The Morgan fingerprint density at radius 3 is 2.30 bits per heavy atom. The van der Waals surface area contributed by atoms with E-state index in [1.165, 1.54) is 0 Å². The standard InChI is InChI=1S/C23H18Br2N2O3/c1-3-6-19-20-16(17(24)9-10-18(20)25)11-12-26(19)21(28)13(2)27-22(29)14-7-4-5-8-15(14)23(27)30/h3-5,7-13,19H,1,6H2,2H3/t13-,19?/m0/s1. The van der Waals surface area contributed by atoms with E-state index in [4.69, 9.17) is 0 Å². The van der Waals surface area contributed by atoms with Crippen molar-refractivity contribution < 1.29 is 14.4 Å². The summed E-state index contributed by atoms with van der Waals surface area (Å²) >= 11 is 7.17. The van der Waals surface area contributed by atoms with E-state index in [1.54, 1.807) is 48.4 Å². The van der Waals surface area contributed by atoms with Crippen LogP contribution in [0.25, 0.3) is 6.08 Å². The Morgan fingerprint density at radius 2 is 1.70 bits per heavy atom. The highest BCUT2D eigenvalue weighted by atomic mass is 79.9. The number of hydrogen-bond acceptors (Lipinski definition) is 3. The second-order valence-electron chi connectivity index (χ2n) is 7.16. The summed E-state index contributed by atoms with van der Waals surface area (Å²) in [5, 5.41) is 0. The zero-order valence-electron chi connectivity index (χ0n) is 16.1. The first-order valence-electron chi connectivity index (χ1n) is 9.43. The minimum absolute atomic E-state index is 0.306. The fourth-order valence-electron chi connectivity index (χ4n) is 3.99. The number of carbonyl (C=O) groups excluding carboxylic acids is 3. The van der Waals surface area contributed by atoms with Crippen LogP contribution in [0.3, 0.4) is 0 Å². The summed E-state index contributed by atoms with van der Waals surface area (Å²) < 4.78 is 1.80. The fraction of sp³-hybridized carbons (Fsp3) is 0.174. The van der Waals surface area contributed by atoms with Crippen molar-refractivity contribution in [2.24, 2.45) is 0 Å². The van der Waals surface area contributed by atoms with Crippen molar-refractivity contribution in [1.29, 1.82) is 0 Å². The van der Waals surface area contributed by atoms with Gasteiger partial charge in [-0.3, -0.25) is 19.3 Å². The lowest BCUT2D eigenvalue weighted by molar-refractivity contribution is -0.134. The van der Waals surface area contributed by atoms with Crippen LogP contribution in [0.2, 0.25) is 0 Å². The maximum absolute atomic E-state index is 13.5. The molecule has 30 heavy (non-hydrogen) atoms. The van der Waals surface area contributed by atoms with E-state index in [0.717, 1.165) is 25.0 Å². The van der Waals surface area contributed by atoms with Crippen molar-refractivity contribution in [3.05, 3.63) is 86.5 Å². The van der Waals surface area contributed by atoms with Crippen molar-refractivity contribution >= 4 is 55.7 Å². The monoisotopic (exact) mass is 528 g/mol. The molecular weight excluding hydrogens is 512 g/mol. The smallest absolute Gasteiger partial charge is 0.262 e. The number of benzene rings is 2. The van der Waals surface area contributed by atoms with Gasteiger partial charge in [-0.2, -0.15) is 0 Å². The van der Waals surface area contributed by atoms with E-state index >= 15 is 0 Å². The van der Waals surface area contributed by atoms with Crippen LogP contribution < -0.4 is 0 Å². The highest BCUT2D eigenvalue weighted by molar-refractivity contribution is 9.11. The lowest BCUT2D eigenvalue weighted by Gasteiger charge is -2.36. The molecule has 2 atom stereocenters. The van der Waals surface area contributed by atoms with Gasteiger partial charge in [0.15, 0.2) is 0 Å². The second-order valence-corrected chi connectivity index (χ2v) is 8.87. The molecule has 5 nitrogen and oxygen atoms in total. The summed E-state index contributed by atoms with van der Waals surface area (Å²) in [6.45, 7) is 5.43. The van der Waals surface area contributed by atoms with Gasteiger partial charge in [0.1, 0.15) is 6.04 Å². The third-order valence-electron chi connectivity index (χ3n) is 5.47. The minimum Gasteiger partial charge on any atom is -0.309 e. The van der Waals surface area contributed by atoms with Gasteiger partial charge in [-0.15, -0.1) is 6.58 Å². The van der Waals surface area contributed by atoms with Gasteiger partial charge < -0.3 is 4.90 Å². The Balaban J connectivity index is 1.70. The number of nitrogens with zero attached hydrogens (tertiary/aromatic N) is 2. The summed E-state index contributed by atoms with van der Waals surface area (Å²) in [6, 6.07) is 9.25. The number of hydrogen-bond donors (Lipinski definition) is 0. The molecule has 2 aromatic carbocycles. The molecule has 0 N–H and O–H groups in total. The Hall–Kier alpha value is -2.51. The molecule has 7 heteroatoms. The molecule has 0 aromatic heterocycles. The van der Waals surface area contributed by atoms with Crippen molar-refractivity contribution in [1.82, 2.24) is 9.80 Å². The predicted molar refractivity (Wildman–Crippen MR) is 122 cm³/mol. The summed E-state index contributed by atoms with van der Waals surface area (Å²) in [7, 11) is 0. The summed E-state index contributed by atoms with van der Waals surface area (Å²) in [5.74, 6) is -1.21. The van der Waals surface area contributed by atoms with Gasteiger partial charge in [0.2, 0.25) is 5.91 Å². The lowest BCUT2D eigenvalue weighted by Crippen LogP contribution is -2.49. The molecule has 0 fully saturated rings. The second kappa shape index (κ2) is 7.96. The summed E-state index contributed by atoms with van der Waals surface area (Å²) in [4.78, 5) is 41.8. The van der Waals surface area contributed by atoms with Crippen LogP contribution in [0, 0.1) is 0 Å². The van der Waals surface area contributed by atoms with Crippen molar-refractivity contribution in [3.63, 3.8) is 0 Å². The average Bonchev–Trinajstić information content (AvgIpc) is 3.00. The maximum atomic E-state index is 13.5. The number of fused-ring (bicyclic) bond motifs is 2. The molecule has 0 bridgehead atoms. The average molecular weight is 530 g/mol. The Kier molecular flexibility index (Phi) is 5.51. The van der Waals surface area contributed by atoms with Crippen LogP contribution in [-0.2, 0) is 4.79 Å². The Bertz CT molecular complexity index is 1090. The molecule has 0 saturated heterocycles. The molecule has 0 radical (unpaired) electrons. The fourth-order valence-corrected chi connectivity index (χ4v) is 5.08. The number of carbonyl (C=O) groups is 3. The van der Waals surface area contributed by atoms with Gasteiger partial charge in [-0.05, 0) is 54.8 Å². The highest BCUT2D eigenvalue weighted by Gasteiger charge is 2.43. The SMILES string of the molecule is C=CCC1c2c(Br)ccc(Br)c2C=CN1C(=O)[C@H](C)N1C(=O)c2ccccc2C1=O. The van der Waals surface area contributed by atoms with Gasteiger partial charge in [-0.1, -0.05) is 50.1 Å². The van der Waals surface area contributed by atoms with E-state index < -0.39 is 17.9 Å². The molecule has 4 rings (SSSR count). The zero-order valence-corrected chi connectivity index (χ0v) is 19.3. The number of imide groups is 1. The third kappa shape index (κ3) is 3.17. The molecular formula is C23H18Br2N2O3. The van der Waals surface area contributed by atoms with E-state index in [1.807, 2.05) is 18.2 Å².